The Morgan fingerprint density at radius 2 is 1.95 bits per heavy atom. The van der Waals surface area contributed by atoms with E-state index in [4.69, 9.17) is 30.5 Å². The number of carbonyl (C=O) groups is 2. The minimum atomic E-state index is -0.528. The molecule has 5 rings (SSSR count). The molecule has 1 fully saturated rings. The van der Waals surface area contributed by atoms with Gasteiger partial charge in [0.25, 0.3) is 0 Å². The molecule has 1 saturated heterocycles. The summed E-state index contributed by atoms with van der Waals surface area (Å²) in [7, 11) is 1.35. The number of hydrogen-bond acceptors (Lipinski definition) is 8. The molecule has 2 atom stereocenters. The van der Waals surface area contributed by atoms with Crippen LogP contribution in [0.2, 0.25) is 5.02 Å². The van der Waals surface area contributed by atoms with Crippen molar-refractivity contribution in [1.29, 1.82) is 0 Å². The topological polar surface area (TPSA) is 92.1 Å². The Balaban J connectivity index is 1.34. The number of amides is 1. The zero-order chi connectivity index (χ0) is 30.7. The summed E-state index contributed by atoms with van der Waals surface area (Å²) >= 11 is 7.64. The maximum atomic E-state index is 12.7. The van der Waals surface area contributed by atoms with Crippen LogP contribution in [-0.4, -0.2) is 58.9 Å². The van der Waals surface area contributed by atoms with Crippen LogP contribution in [0.15, 0.2) is 54.9 Å². The van der Waals surface area contributed by atoms with E-state index in [1.165, 1.54) is 18.4 Å². The monoisotopic (exact) mass is 625 g/mol. The Kier molecular flexibility index (Phi) is 9.17. The normalized spacial score (nSPS) is 16.1. The van der Waals surface area contributed by atoms with E-state index in [2.05, 4.69) is 4.98 Å². The van der Waals surface area contributed by atoms with E-state index in [1.807, 2.05) is 74.7 Å². The van der Waals surface area contributed by atoms with Gasteiger partial charge in [0, 0.05) is 41.7 Å². The van der Waals surface area contributed by atoms with Crippen LogP contribution in [-0.2, 0) is 9.47 Å². The van der Waals surface area contributed by atoms with Crippen molar-refractivity contribution in [2.24, 2.45) is 5.92 Å². The molecule has 4 aromatic rings. The minimum Gasteiger partial charge on any atom is -0.493 e. The first-order chi connectivity index (χ1) is 20.5. The van der Waals surface area contributed by atoms with Gasteiger partial charge in [0.2, 0.25) is 0 Å². The molecule has 0 N–H and O–H groups in total. The summed E-state index contributed by atoms with van der Waals surface area (Å²) in [4.78, 5) is 31.9. The zero-order valence-electron chi connectivity index (χ0n) is 25.0. The molecule has 0 unspecified atom stereocenters. The first-order valence-electron chi connectivity index (χ1n) is 14.2. The molecule has 2 aromatic carbocycles. The number of fused-ring (bicyclic) bond motifs is 1. The van der Waals surface area contributed by atoms with Crippen molar-refractivity contribution >= 4 is 46.0 Å². The van der Waals surface area contributed by atoms with Gasteiger partial charge in [0.1, 0.15) is 34.5 Å². The predicted octanol–water partition coefficient (Wildman–Crippen LogP) is 7.69. The SMILES string of the molecule is COC(=O)c1sc(-n2cnc3ccc(OC[C@@H]4CCCN(C(=O)OC(C)(C)C)C4)cc32)cc1O[C@H](C)c1ccccc1Cl. The lowest BCUT2D eigenvalue weighted by Gasteiger charge is -2.34. The molecule has 0 bridgehead atoms. The maximum Gasteiger partial charge on any atom is 0.410 e. The number of piperidine rings is 1. The van der Waals surface area contributed by atoms with Crippen molar-refractivity contribution in [1.82, 2.24) is 14.5 Å². The fourth-order valence-electron chi connectivity index (χ4n) is 5.02. The quantitative estimate of drug-likeness (QED) is 0.185. The zero-order valence-corrected chi connectivity index (χ0v) is 26.5. The Morgan fingerprint density at radius 3 is 2.70 bits per heavy atom. The van der Waals surface area contributed by atoms with E-state index in [1.54, 1.807) is 17.3 Å². The second-order valence-electron chi connectivity index (χ2n) is 11.6. The van der Waals surface area contributed by atoms with E-state index in [0.29, 0.717) is 41.1 Å². The molecule has 0 saturated carbocycles. The highest BCUT2D eigenvalue weighted by molar-refractivity contribution is 7.16. The van der Waals surface area contributed by atoms with Gasteiger partial charge in [-0.3, -0.25) is 4.57 Å². The molecule has 11 heteroatoms. The van der Waals surface area contributed by atoms with E-state index in [-0.39, 0.29) is 12.0 Å². The van der Waals surface area contributed by atoms with Gasteiger partial charge < -0.3 is 23.8 Å². The van der Waals surface area contributed by atoms with Crippen molar-refractivity contribution in [3.63, 3.8) is 0 Å². The summed E-state index contributed by atoms with van der Waals surface area (Å²) in [6, 6.07) is 15.0. The molecule has 0 aliphatic carbocycles. The standard InChI is InChI=1S/C32H36ClN3O6S/c1-20(23-10-6-7-11-24(23)33)41-27-16-28(43-29(27)30(37)39-5)36-19-34-25-13-12-22(15-26(25)36)40-18-21-9-8-14-35(17-21)31(38)42-32(2,3)4/h6-7,10-13,15-16,19-21H,8-9,14,17-18H2,1-5H3/t20-,21-/m1/s1. The Bertz CT molecular complexity index is 1610. The van der Waals surface area contributed by atoms with Crippen molar-refractivity contribution in [3.05, 3.63) is 70.3 Å². The second kappa shape index (κ2) is 12.9. The Morgan fingerprint density at radius 1 is 1.16 bits per heavy atom. The molecule has 228 valence electrons. The molecule has 0 spiro atoms. The van der Waals surface area contributed by atoms with E-state index >= 15 is 0 Å². The van der Waals surface area contributed by atoms with Crippen LogP contribution in [0.4, 0.5) is 4.79 Å². The lowest BCUT2D eigenvalue weighted by atomic mass is 9.99. The van der Waals surface area contributed by atoms with E-state index in [0.717, 1.165) is 34.4 Å². The van der Waals surface area contributed by atoms with Crippen LogP contribution in [0.5, 0.6) is 11.5 Å². The number of methoxy groups -OCH3 is 1. The summed E-state index contributed by atoms with van der Waals surface area (Å²) in [6.45, 7) is 9.26. The third kappa shape index (κ3) is 7.25. The van der Waals surface area contributed by atoms with E-state index < -0.39 is 17.7 Å². The lowest BCUT2D eigenvalue weighted by molar-refractivity contribution is 0.0139. The number of likely N-dealkylation sites (tertiary alicyclic amines) is 1. The highest BCUT2D eigenvalue weighted by Crippen LogP contribution is 2.38. The molecule has 43 heavy (non-hydrogen) atoms. The number of thiophene rings is 1. The van der Waals surface area contributed by atoms with Crippen molar-refractivity contribution in [2.45, 2.75) is 52.2 Å². The van der Waals surface area contributed by atoms with Crippen LogP contribution in [0, 0.1) is 5.92 Å². The molecular weight excluding hydrogens is 590 g/mol. The van der Waals surface area contributed by atoms with Crippen LogP contribution in [0.3, 0.4) is 0 Å². The number of rotatable bonds is 8. The van der Waals surface area contributed by atoms with Crippen molar-refractivity contribution in [3.8, 4) is 16.5 Å². The molecule has 9 nitrogen and oxygen atoms in total. The lowest BCUT2D eigenvalue weighted by Crippen LogP contribution is -2.44. The van der Waals surface area contributed by atoms with Gasteiger partial charge >= 0.3 is 12.1 Å². The number of nitrogens with zero attached hydrogens (tertiary/aromatic N) is 3. The molecule has 3 heterocycles. The fourth-order valence-corrected chi connectivity index (χ4v) is 6.30. The first-order valence-corrected chi connectivity index (χ1v) is 15.4. The molecule has 2 aromatic heterocycles. The third-order valence-electron chi connectivity index (χ3n) is 7.12. The van der Waals surface area contributed by atoms with Gasteiger partial charge in [-0.2, -0.15) is 0 Å². The van der Waals surface area contributed by atoms with Gasteiger partial charge in [-0.15, -0.1) is 11.3 Å². The summed E-state index contributed by atoms with van der Waals surface area (Å²) in [5.41, 5.74) is 1.88. The first kappa shape index (κ1) is 30.7. The van der Waals surface area contributed by atoms with Crippen LogP contribution < -0.4 is 9.47 Å². The van der Waals surface area contributed by atoms with Crippen LogP contribution >= 0.6 is 22.9 Å². The third-order valence-corrected chi connectivity index (χ3v) is 8.56. The molecular formula is C32H36ClN3O6S. The van der Waals surface area contributed by atoms with Crippen LogP contribution in [0.25, 0.3) is 16.0 Å². The van der Waals surface area contributed by atoms with Gasteiger partial charge in [-0.05, 0) is 58.7 Å². The number of aromatic nitrogens is 2. The summed E-state index contributed by atoms with van der Waals surface area (Å²) in [5, 5.41) is 1.32. The average Bonchev–Trinajstić information content (AvgIpc) is 3.59. The highest BCUT2D eigenvalue weighted by atomic mass is 35.5. The van der Waals surface area contributed by atoms with Crippen LogP contribution in [0.1, 0.15) is 61.9 Å². The number of carbonyl (C=O) groups excluding carboxylic acids is 2. The highest BCUT2D eigenvalue weighted by Gasteiger charge is 2.28. The number of imidazole rings is 1. The Labute approximate surface area is 260 Å². The number of esters is 1. The smallest absolute Gasteiger partial charge is 0.410 e. The molecule has 1 aliphatic rings. The predicted molar refractivity (Wildman–Crippen MR) is 167 cm³/mol. The average molecular weight is 626 g/mol. The van der Waals surface area contributed by atoms with E-state index in [9.17, 15) is 9.59 Å². The number of benzene rings is 2. The van der Waals surface area contributed by atoms with Gasteiger partial charge in [0.15, 0.2) is 4.88 Å². The molecule has 0 radical (unpaired) electrons. The second-order valence-corrected chi connectivity index (χ2v) is 13.0. The number of halogens is 1. The fraction of sp³-hybridized carbons (Fsp3) is 0.406. The van der Waals surface area contributed by atoms with Gasteiger partial charge in [-0.25, -0.2) is 14.6 Å². The molecule has 1 amide bonds. The summed E-state index contributed by atoms with van der Waals surface area (Å²) in [5.74, 6) is 0.804. The number of hydrogen-bond donors (Lipinski definition) is 0. The maximum absolute atomic E-state index is 12.7. The summed E-state index contributed by atoms with van der Waals surface area (Å²) < 4.78 is 25.0. The summed E-state index contributed by atoms with van der Waals surface area (Å²) in [6.07, 6.45) is 2.90. The Hall–Kier alpha value is -3.76. The molecule has 1 aliphatic heterocycles. The minimum absolute atomic E-state index is 0.196. The van der Waals surface area contributed by atoms with Gasteiger partial charge in [-0.1, -0.05) is 29.8 Å². The van der Waals surface area contributed by atoms with Gasteiger partial charge in [0.05, 0.1) is 24.8 Å². The number of ether oxygens (including phenoxy) is 4. The largest absolute Gasteiger partial charge is 0.493 e. The van der Waals surface area contributed by atoms with Crippen molar-refractivity contribution < 1.29 is 28.5 Å². The van der Waals surface area contributed by atoms with Crippen molar-refractivity contribution in [2.75, 3.05) is 26.8 Å².